The van der Waals surface area contributed by atoms with Crippen LogP contribution in [-0.4, -0.2) is 48.1 Å². The molecule has 1 aromatic rings. The van der Waals surface area contributed by atoms with Crippen molar-refractivity contribution in [1.29, 1.82) is 0 Å². The topological polar surface area (TPSA) is 47.6 Å². The molecule has 0 aromatic heterocycles. The van der Waals surface area contributed by atoms with Gasteiger partial charge in [0.15, 0.2) is 0 Å². The lowest BCUT2D eigenvalue weighted by Gasteiger charge is -2.36. The maximum Gasteiger partial charge on any atom is 0.298 e. The first kappa shape index (κ1) is 15.9. The average Bonchev–Trinajstić information content (AvgIpc) is 3.05. The van der Waals surface area contributed by atoms with Crippen molar-refractivity contribution in [3.8, 4) is 11.8 Å². The number of benzene rings is 1. The zero-order chi connectivity index (χ0) is 16.2. The van der Waals surface area contributed by atoms with Gasteiger partial charge in [0, 0.05) is 31.7 Å². The molecule has 2 saturated heterocycles. The van der Waals surface area contributed by atoms with E-state index in [1.807, 2.05) is 12.1 Å². The molecule has 2 aliphatic rings. The van der Waals surface area contributed by atoms with Crippen LogP contribution in [0.4, 0.5) is 4.39 Å². The minimum absolute atomic E-state index is 0.0354. The molecule has 122 valence electrons. The van der Waals surface area contributed by atoms with Crippen molar-refractivity contribution >= 4 is 5.91 Å². The summed E-state index contributed by atoms with van der Waals surface area (Å²) in [5.41, 5.74) is 7.12. The lowest BCUT2D eigenvalue weighted by molar-refractivity contribution is -0.127. The number of carbonyl (C=O) groups excluding carboxylic acids is 1. The monoisotopic (exact) mass is 316 g/mol. The Balaban J connectivity index is 1.55. The van der Waals surface area contributed by atoms with E-state index in [4.69, 9.17) is 0 Å². The number of hydrogen-bond acceptors (Lipinski definition) is 4. The van der Waals surface area contributed by atoms with Crippen molar-refractivity contribution in [3.63, 3.8) is 0 Å². The highest BCUT2D eigenvalue weighted by Gasteiger charge is 2.32. The Morgan fingerprint density at radius 3 is 2.65 bits per heavy atom. The van der Waals surface area contributed by atoms with E-state index in [9.17, 15) is 9.18 Å². The first-order valence-corrected chi connectivity index (χ1v) is 7.90. The number of amides is 1. The SMILES string of the molecule is CC#CC(=O)N1CCN(C2CC(c3ccccc3F)NN2)CC1. The molecule has 2 N–H and O–H groups in total. The fourth-order valence-corrected chi connectivity index (χ4v) is 3.16. The molecular formula is C17H21FN4O. The number of nitrogens with zero attached hydrogens (tertiary/aromatic N) is 2. The van der Waals surface area contributed by atoms with Gasteiger partial charge in [-0.1, -0.05) is 24.1 Å². The van der Waals surface area contributed by atoms with Crippen molar-refractivity contribution in [2.24, 2.45) is 0 Å². The van der Waals surface area contributed by atoms with Crippen LogP contribution in [0.3, 0.4) is 0 Å². The fraction of sp³-hybridized carbons (Fsp3) is 0.471. The number of hydrogen-bond donors (Lipinski definition) is 2. The maximum absolute atomic E-state index is 13.9. The van der Waals surface area contributed by atoms with E-state index < -0.39 is 0 Å². The quantitative estimate of drug-likeness (QED) is 0.795. The summed E-state index contributed by atoms with van der Waals surface area (Å²) in [6.07, 6.45) is 0.943. The summed E-state index contributed by atoms with van der Waals surface area (Å²) in [5, 5.41) is 0. The van der Waals surface area contributed by atoms with Gasteiger partial charge in [-0.3, -0.25) is 9.69 Å². The fourth-order valence-electron chi connectivity index (χ4n) is 3.16. The van der Waals surface area contributed by atoms with Crippen molar-refractivity contribution < 1.29 is 9.18 Å². The third kappa shape index (κ3) is 3.53. The lowest BCUT2D eigenvalue weighted by atomic mass is 10.0. The predicted molar refractivity (Wildman–Crippen MR) is 85.4 cm³/mol. The molecule has 1 amide bonds. The predicted octanol–water partition coefficient (Wildman–Crippen LogP) is 0.858. The molecule has 23 heavy (non-hydrogen) atoms. The van der Waals surface area contributed by atoms with Crippen LogP contribution < -0.4 is 10.9 Å². The van der Waals surface area contributed by atoms with E-state index in [1.165, 1.54) is 6.07 Å². The Kier molecular flexibility index (Phi) is 4.91. The van der Waals surface area contributed by atoms with Gasteiger partial charge in [-0.05, 0) is 25.3 Å². The minimum atomic E-state index is -0.180. The van der Waals surface area contributed by atoms with Gasteiger partial charge >= 0.3 is 0 Å². The average molecular weight is 316 g/mol. The van der Waals surface area contributed by atoms with Crippen LogP contribution in [0.5, 0.6) is 0 Å². The van der Waals surface area contributed by atoms with Gasteiger partial charge in [0.25, 0.3) is 5.91 Å². The summed E-state index contributed by atoms with van der Waals surface area (Å²) in [5.74, 6) is 4.95. The molecule has 2 unspecified atom stereocenters. The molecule has 0 bridgehead atoms. The highest BCUT2D eigenvalue weighted by Crippen LogP contribution is 2.26. The van der Waals surface area contributed by atoms with E-state index in [2.05, 4.69) is 27.6 Å². The van der Waals surface area contributed by atoms with Crippen molar-refractivity contribution in [2.75, 3.05) is 26.2 Å². The van der Waals surface area contributed by atoms with Crippen LogP contribution >= 0.6 is 0 Å². The minimum Gasteiger partial charge on any atom is -0.329 e. The summed E-state index contributed by atoms with van der Waals surface area (Å²) >= 11 is 0. The molecule has 2 heterocycles. The zero-order valence-electron chi connectivity index (χ0n) is 13.2. The van der Waals surface area contributed by atoms with Crippen LogP contribution in [-0.2, 0) is 4.79 Å². The smallest absolute Gasteiger partial charge is 0.298 e. The van der Waals surface area contributed by atoms with E-state index >= 15 is 0 Å². The molecule has 5 nitrogen and oxygen atoms in total. The summed E-state index contributed by atoms with van der Waals surface area (Å²) < 4.78 is 13.9. The summed E-state index contributed by atoms with van der Waals surface area (Å²) in [6, 6.07) is 6.83. The number of halogens is 1. The van der Waals surface area contributed by atoms with Gasteiger partial charge in [0.05, 0.1) is 12.2 Å². The molecule has 2 atom stereocenters. The number of hydrazine groups is 1. The number of rotatable bonds is 2. The van der Waals surface area contributed by atoms with Crippen molar-refractivity contribution in [2.45, 2.75) is 25.6 Å². The Bertz CT molecular complexity index is 631. The standard InChI is InChI=1S/C17H21FN4O/c1-2-5-17(23)22-10-8-21(9-11-22)16-12-15(19-20-16)13-6-3-4-7-14(13)18/h3-4,6-7,15-16,19-20H,8-12H2,1H3. The molecule has 0 spiro atoms. The first-order chi connectivity index (χ1) is 11.2. The van der Waals surface area contributed by atoms with E-state index in [1.54, 1.807) is 17.9 Å². The molecule has 3 rings (SSSR count). The third-order valence-corrected chi connectivity index (χ3v) is 4.44. The second-order valence-electron chi connectivity index (χ2n) is 5.82. The van der Waals surface area contributed by atoms with Gasteiger partial charge in [-0.25, -0.2) is 15.2 Å². The molecule has 6 heteroatoms. The summed E-state index contributed by atoms with van der Waals surface area (Å²) in [4.78, 5) is 15.8. The Labute approximate surface area is 135 Å². The Morgan fingerprint density at radius 2 is 1.96 bits per heavy atom. The largest absolute Gasteiger partial charge is 0.329 e. The first-order valence-electron chi connectivity index (χ1n) is 7.90. The van der Waals surface area contributed by atoms with Crippen LogP contribution in [0.25, 0.3) is 0 Å². The van der Waals surface area contributed by atoms with Crippen molar-refractivity contribution in [3.05, 3.63) is 35.6 Å². The summed E-state index contributed by atoms with van der Waals surface area (Å²) in [6.45, 7) is 4.61. The molecule has 0 saturated carbocycles. The third-order valence-electron chi connectivity index (χ3n) is 4.44. The van der Waals surface area contributed by atoms with Gasteiger partial charge in [0.2, 0.25) is 0 Å². The second kappa shape index (κ2) is 7.09. The van der Waals surface area contributed by atoms with E-state index in [0.717, 1.165) is 19.5 Å². The van der Waals surface area contributed by atoms with Gasteiger partial charge in [-0.15, -0.1) is 0 Å². The molecule has 2 aliphatic heterocycles. The molecule has 1 aromatic carbocycles. The van der Waals surface area contributed by atoms with Gasteiger partial charge < -0.3 is 4.90 Å². The molecule has 2 fully saturated rings. The zero-order valence-corrected chi connectivity index (χ0v) is 13.2. The second-order valence-corrected chi connectivity index (χ2v) is 5.82. The van der Waals surface area contributed by atoms with Crippen LogP contribution in [0.2, 0.25) is 0 Å². The van der Waals surface area contributed by atoms with Crippen molar-refractivity contribution in [1.82, 2.24) is 20.7 Å². The highest BCUT2D eigenvalue weighted by molar-refractivity contribution is 5.93. The van der Waals surface area contributed by atoms with Crippen LogP contribution in [0.15, 0.2) is 24.3 Å². The van der Waals surface area contributed by atoms with Crippen LogP contribution in [0.1, 0.15) is 24.9 Å². The molecular weight excluding hydrogens is 295 g/mol. The van der Waals surface area contributed by atoms with Crippen LogP contribution in [0, 0.1) is 17.7 Å². The normalized spacial score (nSPS) is 25.0. The summed E-state index contributed by atoms with van der Waals surface area (Å²) in [7, 11) is 0. The Morgan fingerprint density at radius 1 is 1.22 bits per heavy atom. The number of carbonyl (C=O) groups is 1. The highest BCUT2D eigenvalue weighted by atomic mass is 19.1. The number of piperazine rings is 1. The molecule has 0 aliphatic carbocycles. The Hall–Kier alpha value is -1.94. The number of nitrogens with one attached hydrogen (secondary N) is 2. The van der Waals surface area contributed by atoms with E-state index in [0.29, 0.717) is 18.7 Å². The lowest BCUT2D eigenvalue weighted by Crippen LogP contribution is -2.55. The van der Waals surface area contributed by atoms with Gasteiger partial charge in [0.1, 0.15) is 5.82 Å². The maximum atomic E-state index is 13.9. The molecule has 0 radical (unpaired) electrons. The van der Waals surface area contributed by atoms with E-state index in [-0.39, 0.29) is 23.9 Å². The van der Waals surface area contributed by atoms with Gasteiger partial charge in [-0.2, -0.15) is 0 Å².